The van der Waals surface area contributed by atoms with Crippen LogP contribution in [0.4, 0.5) is 0 Å². The second kappa shape index (κ2) is 7.40. The SMILES string of the molecule is Cc1ccc(C)c(CN2CCC[C@@H](CNC(=O)C(N)=O)C2)c1. The van der Waals surface area contributed by atoms with Crippen molar-refractivity contribution in [2.45, 2.75) is 33.2 Å². The van der Waals surface area contributed by atoms with Gasteiger partial charge < -0.3 is 11.1 Å². The molecule has 1 aliphatic heterocycles. The summed E-state index contributed by atoms with van der Waals surface area (Å²) in [6.45, 7) is 7.73. The predicted octanol–water partition coefficient (Wildman–Crippen LogP) is 1.12. The van der Waals surface area contributed by atoms with Crippen LogP contribution >= 0.6 is 0 Å². The number of aryl methyl sites for hydroxylation is 2. The normalized spacial score (nSPS) is 18.9. The number of nitrogens with zero attached hydrogens (tertiary/aromatic N) is 1. The second-order valence-corrected chi connectivity index (χ2v) is 6.25. The van der Waals surface area contributed by atoms with Crippen LogP contribution in [-0.4, -0.2) is 36.3 Å². The summed E-state index contributed by atoms with van der Waals surface area (Å²) in [6, 6.07) is 6.55. The molecule has 5 heteroatoms. The Hall–Kier alpha value is -1.88. The van der Waals surface area contributed by atoms with Gasteiger partial charge in [-0.2, -0.15) is 0 Å². The van der Waals surface area contributed by atoms with E-state index in [-0.39, 0.29) is 0 Å². The van der Waals surface area contributed by atoms with Gasteiger partial charge in [0.1, 0.15) is 0 Å². The Morgan fingerprint density at radius 3 is 2.86 bits per heavy atom. The fourth-order valence-corrected chi connectivity index (χ4v) is 3.00. The molecule has 0 aliphatic carbocycles. The minimum Gasteiger partial charge on any atom is -0.361 e. The molecule has 1 fully saturated rings. The van der Waals surface area contributed by atoms with Crippen LogP contribution in [0.3, 0.4) is 0 Å². The number of hydrogen-bond acceptors (Lipinski definition) is 3. The lowest BCUT2D eigenvalue weighted by Crippen LogP contribution is -2.43. The van der Waals surface area contributed by atoms with Crippen molar-refractivity contribution >= 4 is 11.8 Å². The van der Waals surface area contributed by atoms with Crippen LogP contribution < -0.4 is 11.1 Å². The van der Waals surface area contributed by atoms with Crippen LogP contribution in [0.2, 0.25) is 0 Å². The molecule has 0 spiro atoms. The first-order valence-electron chi connectivity index (χ1n) is 7.82. The maximum absolute atomic E-state index is 11.2. The maximum atomic E-state index is 11.2. The first-order chi connectivity index (χ1) is 10.5. The van der Waals surface area contributed by atoms with Gasteiger partial charge in [0.05, 0.1) is 0 Å². The summed E-state index contributed by atoms with van der Waals surface area (Å²) in [6.07, 6.45) is 2.18. The van der Waals surface area contributed by atoms with Crippen LogP contribution in [0, 0.1) is 19.8 Å². The largest absolute Gasteiger partial charge is 0.361 e. The Kier molecular flexibility index (Phi) is 5.55. The van der Waals surface area contributed by atoms with Gasteiger partial charge in [-0.1, -0.05) is 23.8 Å². The highest BCUT2D eigenvalue weighted by atomic mass is 16.2. The third-order valence-corrected chi connectivity index (χ3v) is 4.28. The minimum absolute atomic E-state index is 0.377. The van der Waals surface area contributed by atoms with Gasteiger partial charge in [-0.05, 0) is 50.3 Å². The average molecular weight is 303 g/mol. The molecule has 0 radical (unpaired) electrons. The van der Waals surface area contributed by atoms with E-state index in [9.17, 15) is 9.59 Å². The number of carbonyl (C=O) groups excluding carboxylic acids is 2. The number of carbonyl (C=O) groups is 2. The van der Waals surface area contributed by atoms with Crippen molar-refractivity contribution in [3.8, 4) is 0 Å². The van der Waals surface area contributed by atoms with Crippen LogP contribution in [0.25, 0.3) is 0 Å². The minimum atomic E-state index is -0.914. The maximum Gasteiger partial charge on any atom is 0.309 e. The number of hydrogen-bond donors (Lipinski definition) is 2. The van der Waals surface area contributed by atoms with Gasteiger partial charge in [-0.15, -0.1) is 0 Å². The van der Waals surface area contributed by atoms with Crippen molar-refractivity contribution in [3.63, 3.8) is 0 Å². The lowest BCUT2D eigenvalue weighted by atomic mass is 9.96. The van der Waals surface area contributed by atoms with E-state index in [4.69, 9.17) is 5.73 Å². The molecular formula is C17H25N3O2. The van der Waals surface area contributed by atoms with E-state index in [1.165, 1.54) is 16.7 Å². The van der Waals surface area contributed by atoms with Crippen LogP contribution in [0.15, 0.2) is 18.2 Å². The third kappa shape index (κ3) is 4.56. The molecule has 1 aromatic rings. The monoisotopic (exact) mass is 303 g/mol. The zero-order valence-electron chi connectivity index (χ0n) is 13.4. The van der Waals surface area contributed by atoms with Gasteiger partial charge in [-0.25, -0.2) is 0 Å². The zero-order chi connectivity index (χ0) is 16.1. The summed E-state index contributed by atoms with van der Waals surface area (Å²) < 4.78 is 0. The molecule has 1 heterocycles. The van der Waals surface area contributed by atoms with E-state index in [0.29, 0.717) is 12.5 Å². The fourth-order valence-electron chi connectivity index (χ4n) is 3.00. The van der Waals surface area contributed by atoms with Gasteiger partial charge in [0.25, 0.3) is 0 Å². The second-order valence-electron chi connectivity index (χ2n) is 6.25. The molecule has 120 valence electrons. The molecule has 0 unspecified atom stereocenters. The van der Waals surface area contributed by atoms with Crippen molar-refractivity contribution in [2.24, 2.45) is 11.7 Å². The number of piperidine rings is 1. The molecule has 0 aromatic heterocycles. The van der Waals surface area contributed by atoms with Gasteiger partial charge in [0.2, 0.25) is 0 Å². The summed E-state index contributed by atoms with van der Waals surface area (Å²) in [5, 5.41) is 2.62. The smallest absolute Gasteiger partial charge is 0.309 e. The van der Waals surface area contributed by atoms with E-state index < -0.39 is 11.8 Å². The van der Waals surface area contributed by atoms with Crippen LogP contribution in [-0.2, 0) is 16.1 Å². The topological polar surface area (TPSA) is 75.4 Å². The van der Waals surface area contributed by atoms with E-state index in [1.54, 1.807) is 0 Å². The Bertz CT molecular complexity index is 557. The first kappa shape index (κ1) is 16.5. The van der Waals surface area contributed by atoms with Crippen LogP contribution in [0.1, 0.15) is 29.5 Å². The quantitative estimate of drug-likeness (QED) is 0.818. The average Bonchev–Trinajstić information content (AvgIpc) is 2.49. The molecule has 22 heavy (non-hydrogen) atoms. The van der Waals surface area contributed by atoms with Gasteiger partial charge in [-0.3, -0.25) is 14.5 Å². The van der Waals surface area contributed by atoms with Crippen molar-refractivity contribution in [1.29, 1.82) is 0 Å². The summed E-state index contributed by atoms with van der Waals surface area (Å²) in [5.41, 5.74) is 8.91. The molecular weight excluding hydrogens is 278 g/mol. The Morgan fingerprint density at radius 2 is 2.14 bits per heavy atom. The standard InChI is InChI=1S/C17H25N3O2/c1-12-5-6-13(2)15(8-12)11-20-7-3-4-14(10-20)9-19-17(22)16(18)21/h5-6,8,14H,3-4,7,9-11H2,1-2H3,(H2,18,21)(H,19,22)/t14-/m0/s1. The van der Waals surface area contributed by atoms with Crippen molar-refractivity contribution in [3.05, 3.63) is 34.9 Å². The third-order valence-electron chi connectivity index (χ3n) is 4.28. The van der Waals surface area contributed by atoms with Crippen molar-refractivity contribution < 1.29 is 9.59 Å². The lowest BCUT2D eigenvalue weighted by Gasteiger charge is -2.33. The number of primary amides is 1. The number of likely N-dealkylation sites (tertiary alicyclic amines) is 1. The van der Waals surface area contributed by atoms with Gasteiger partial charge in [0, 0.05) is 19.6 Å². The van der Waals surface area contributed by atoms with E-state index in [2.05, 4.69) is 42.3 Å². The summed E-state index contributed by atoms with van der Waals surface area (Å²) in [4.78, 5) is 24.4. The molecule has 2 rings (SSSR count). The Morgan fingerprint density at radius 1 is 1.36 bits per heavy atom. The van der Waals surface area contributed by atoms with Gasteiger partial charge >= 0.3 is 11.8 Å². The summed E-state index contributed by atoms with van der Waals surface area (Å²) in [5.74, 6) is -1.23. The lowest BCUT2D eigenvalue weighted by molar-refractivity contribution is -0.137. The van der Waals surface area contributed by atoms with Gasteiger partial charge in [0.15, 0.2) is 0 Å². The molecule has 1 saturated heterocycles. The summed E-state index contributed by atoms with van der Waals surface area (Å²) >= 11 is 0. The molecule has 0 saturated carbocycles. The number of amides is 2. The highest BCUT2D eigenvalue weighted by Crippen LogP contribution is 2.20. The van der Waals surface area contributed by atoms with Crippen molar-refractivity contribution in [1.82, 2.24) is 10.2 Å². The Balaban J connectivity index is 1.89. The highest BCUT2D eigenvalue weighted by Gasteiger charge is 2.21. The number of rotatable bonds is 4. The predicted molar refractivity (Wildman–Crippen MR) is 86.1 cm³/mol. The van der Waals surface area contributed by atoms with E-state index >= 15 is 0 Å². The number of nitrogens with one attached hydrogen (secondary N) is 1. The highest BCUT2D eigenvalue weighted by molar-refractivity contribution is 6.34. The molecule has 1 atom stereocenters. The summed E-state index contributed by atoms with van der Waals surface area (Å²) in [7, 11) is 0. The molecule has 1 aromatic carbocycles. The molecule has 0 bridgehead atoms. The number of nitrogens with two attached hydrogens (primary N) is 1. The van der Waals surface area contributed by atoms with E-state index in [0.717, 1.165) is 32.5 Å². The number of benzene rings is 1. The molecule has 3 N–H and O–H groups in total. The van der Waals surface area contributed by atoms with E-state index in [1.807, 2.05) is 0 Å². The Labute approximate surface area is 131 Å². The first-order valence-corrected chi connectivity index (χ1v) is 7.82. The van der Waals surface area contributed by atoms with Crippen LogP contribution in [0.5, 0.6) is 0 Å². The molecule has 1 aliphatic rings. The zero-order valence-corrected chi connectivity index (χ0v) is 13.4. The molecule has 2 amide bonds. The van der Waals surface area contributed by atoms with Crippen molar-refractivity contribution in [2.75, 3.05) is 19.6 Å². The fraction of sp³-hybridized carbons (Fsp3) is 0.529. The molecule has 5 nitrogen and oxygen atoms in total.